The number of hydrogen-bond acceptors (Lipinski definition) is 8. The Balaban J connectivity index is 1.32. The van der Waals surface area contributed by atoms with E-state index in [4.69, 9.17) is 32.0 Å². The molecule has 0 radical (unpaired) electrons. The number of rotatable bonds is 7. The highest BCUT2D eigenvalue weighted by Gasteiger charge is 2.43. The molecule has 1 fully saturated rings. The molecule has 2 aliphatic heterocycles. The second-order valence-corrected chi connectivity index (χ2v) is 12.9. The monoisotopic (exact) mass is 588 g/mol. The zero-order chi connectivity index (χ0) is 28.7. The number of likely N-dealkylation sites (tertiary alicyclic amines) is 1. The number of hydrogen-bond donors (Lipinski definition) is 2. The molecule has 2 aliphatic rings. The molecule has 0 aliphatic carbocycles. The van der Waals surface area contributed by atoms with Crippen molar-refractivity contribution in [3.05, 3.63) is 87.4 Å². The largest absolute Gasteiger partial charge is 0.444 e. The Hall–Kier alpha value is -3.41. The molecule has 9 nitrogen and oxygen atoms in total. The predicted molar refractivity (Wildman–Crippen MR) is 149 cm³/mol. The summed E-state index contributed by atoms with van der Waals surface area (Å²) < 4.78 is 51.2. The third-order valence-corrected chi connectivity index (χ3v) is 8.36. The fourth-order valence-corrected chi connectivity index (χ4v) is 6.31. The molecule has 3 aromatic rings. The Morgan fingerprint density at radius 3 is 2.65 bits per heavy atom. The highest BCUT2D eigenvalue weighted by atomic mass is 35.5. The van der Waals surface area contributed by atoms with Crippen LogP contribution in [0.3, 0.4) is 0 Å². The summed E-state index contributed by atoms with van der Waals surface area (Å²) in [6.07, 6.45) is 2.80. The first-order chi connectivity index (χ1) is 19.0. The van der Waals surface area contributed by atoms with Crippen LogP contribution in [-0.2, 0) is 27.9 Å². The summed E-state index contributed by atoms with van der Waals surface area (Å²) in [6, 6.07) is 13.4. The Morgan fingerprint density at radius 2 is 1.98 bits per heavy atom. The van der Waals surface area contributed by atoms with E-state index < -0.39 is 21.4 Å². The molecule has 1 aromatic heterocycles. The van der Waals surface area contributed by atoms with Crippen LogP contribution in [0.2, 0.25) is 5.02 Å². The number of piperidine rings is 1. The number of halogens is 2. The van der Waals surface area contributed by atoms with E-state index in [0.717, 1.165) is 31.5 Å². The number of nitrogens with zero attached hydrogens (tertiary/aromatic N) is 3. The van der Waals surface area contributed by atoms with Crippen molar-refractivity contribution in [1.82, 2.24) is 9.88 Å². The van der Waals surface area contributed by atoms with Crippen LogP contribution >= 0.6 is 11.6 Å². The summed E-state index contributed by atoms with van der Waals surface area (Å²) in [5, 5.41) is 12.4. The summed E-state index contributed by atoms with van der Waals surface area (Å²) >= 11 is 5.94. The van der Waals surface area contributed by atoms with Crippen molar-refractivity contribution >= 4 is 27.3 Å². The molecular formula is C28H30ClFN4O5S. The fraction of sp³-hybridized carbons (Fsp3) is 0.357. The third-order valence-electron chi connectivity index (χ3n) is 7.29. The molecule has 0 saturated carbocycles. The average Bonchev–Trinajstić information content (AvgIpc) is 3.26. The second kappa shape index (κ2) is 10.9. The van der Waals surface area contributed by atoms with Crippen LogP contribution in [0.1, 0.15) is 53.8 Å². The molecule has 12 heteroatoms. The summed E-state index contributed by atoms with van der Waals surface area (Å²) in [7, 11) is -3.29. The zero-order valence-electron chi connectivity index (χ0n) is 22.1. The van der Waals surface area contributed by atoms with E-state index in [1.807, 2.05) is 18.2 Å². The summed E-state index contributed by atoms with van der Waals surface area (Å²) in [4.78, 5) is 6.71. The van der Waals surface area contributed by atoms with Crippen molar-refractivity contribution in [2.75, 3.05) is 19.3 Å². The highest BCUT2D eigenvalue weighted by molar-refractivity contribution is 7.89. The number of aromatic nitrogens is 1. The molecule has 0 unspecified atom stereocenters. The first-order valence-electron chi connectivity index (χ1n) is 12.8. The maximum absolute atomic E-state index is 14.7. The molecule has 0 spiro atoms. The Kier molecular flexibility index (Phi) is 7.64. The minimum absolute atomic E-state index is 0.142. The molecule has 1 saturated heterocycles. The van der Waals surface area contributed by atoms with E-state index in [-0.39, 0.29) is 28.8 Å². The zero-order valence-corrected chi connectivity index (χ0v) is 23.7. The van der Waals surface area contributed by atoms with Gasteiger partial charge >= 0.3 is 0 Å². The Bertz CT molecular complexity index is 1580. The van der Waals surface area contributed by atoms with E-state index in [9.17, 15) is 12.8 Å². The van der Waals surface area contributed by atoms with Gasteiger partial charge in [-0.05, 0) is 67.7 Å². The maximum atomic E-state index is 14.7. The van der Waals surface area contributed by atoms with Crippen LogP contribution in [0, 0.1) is 5.82 Å². The van der Waals surface area contributed by atoms with Gasteiger partial charge in [0.15, 0.2) is 27.2 Å². The molecule has 3 N–H and O–H groups in total. The summed E-state index contributed by atoms with van der Waals surface area (Å²) in [6.45, 7) is 3.57. The van der Waals surface area contributed by atoms with Crippen LogP contribution in [0.4, 0.5) is 4.39 Å². The number of sulfone groups is 1. The van der Waals surface area contributed by atoms with Gasteiger partial charge in [0, 0.05) is 30.3 Å². The normalized spacial score (nSPS) is 20.1. The molecule has 0 bridgehead atoms. The van der Waals surface area contributed by atoms with Crippen molar-refractivity contribution in [1.29, 1.82) is 0 Å². The van der Waals surface area contributed by atoms with Crippen molar-refractivity contribution < 1.29 is 27.5 Å². The van der Waals surface area contributed by atoms with Gasteiger partial charge in [0.1, 0.15) is 11.5 Å². The van der Waals surface area contributed by atoms with E-state index in [1.54, 1.807) is 31.2 Å². The van der Waals surface area contributed by atoms with Gasteiger partial charge in [0.25, 0.3) is 5.79 Å². The van der Waals surface area contributed by atoms with E-state index in [1.165, 1.54) is 12.3 Å². The van der Waals surface area contributed by atoms with Crippen LogP contribution in [0.5, 0.6) is 11.5 Å². The van der Waals surface area contributed by atoms with Crippen molar-refractivity contribution in [2.45, 2.75) is 43.8 Å². The standard InChI is InChI=1S/C28H30ClFN4O5S/c1-28(21-8-7-19(29)14-22(21)30)38-25-5-3-4-20(26(25)39-28)17-10-12-34(13-11-17)15-24-18(16-40(2,36)37)6-9-23(32-24)27(31)33-35/h3-9,14,17,35H,10-13,15-16H2,1-2H3,(H2,31,33)/t28-/m0/s1. The molecule has 0 amide bonds. The SMILES string of the molecule is C[C@]1(c2ccc(Cl)cc2F)Oc2cccc(C3CCN(Cc4nc(C(N)=NO)ccc4CS(C)(=O)=O)CC3)c2O1. The number of para-hydroxylation sites is 1. The minimum atomic E-state index is -3.29. The van der Waals surface area contributed by atoms with Crippen LogP contribution in [0.25, 0.3) is 0 Å². The number of pyridine rings is 1. The van der Waals surface area contributed by atoms with E-state index in [2.05, 4.69) is 15.0 Å². The van der Waals surface area contributed by atoms with Crippen LogP contribution in [0.15, 0.2) is 53.7 Å². The maximum Gasteiger partial charge on any atom is 0.278 e. The molecule has 5 rings (SSSR count). The van der Waals surface area contributed by atoms with Crippen molar-refractivity contribution in [3.63, 3.8) is 0 Å². The summed E-state index contributed by atoms with van der Waals surface area (Å²) in [5.74, 6) is -0.760. The van der Waals surface area contributed by atoms with Gasteiger partial charge in [-0.15, -0.1) is 0 Å². The molecule has 1 atom stereocenters. The number of benzene rings is 2. The molecule has 212 valence electrons. The Morgan fingerprint density at radius 1 is 1.23 bits per heavy atom. The van der Waals surface area contributed by atoms with Gasteiger partial charge < -0.3 is 20.4 Å². The smallest absolute Gasteiger partial charge is 0.278 e. The Labute approximate surface area is 237 Å². The lowest BCUT2D eigenvalue weighted by Crippen LogP contribution is -2.34. The van der Waals surface area contributed by atoms with Crippen LogP contribution < -0.4 is 15.2 Å². The van der Waals surface area contributed by atoms with Crippen molar-refractivity contribution in [2.24, 2.45) is 10.9 Å². The third kappa shape index (κ3) is 5.86. The van der Waals surface area contributed by atoms with Crippen molar-refractivity contribution in [3.8, 4) is 11.5 Å². The lowest BCUT2D eigenvalue weighted by molar-refractivity contribution is -0.0712. The van der Waals surface area contributed by atoms with Gasteiger partial charge in [0.2, 0.25) is 0 Å². The van der Waals surface area contributed by atoms with Gasteiger partial charge in [-0.2, -0.15) is 0 Å². The number of ether oxygens (including phenoxy) is 2. The molecule has 40 heavy (non-hydrogen) atoms. The quantitative estimate of drug-likeness (QED) is 0.178. The lowest BCUT2D eigenvalue weighted by atomic mass is 9.88. The molecule has 3 heterocycles. The average molecular weight is 589 g/mol. The topological polar surface area (TPSA) is 127 Å². The highest BCUT2D eigenvalue weighted by Crippen LogP contribution is 2.49. The van der Waals surface area contributed by atoms with Gasteiger partial charge in [-0.3, -0.25) is 4.90 Å². The number of nitrogens with two attached hydrogens (primary N) is 1. The first-order valence-corrected chi connectivity index (χ1v) is 15.2. The summed E-state index contributed by atoms with van der Waals surface area (Å²) in [5.41, 5.74) is 8.43. The van der Waals surface area contributed by atoms with Gasteiger partial charge in [-0.1, -0.05) is 35.0 Å². The second-order valence-electron chi connectivity index (χ2n) is 10.4. The number of fused-ring (bicyclic) bond motifs is 1. The molecular weight excluding hydrogens is 559 g/mol. The van der Waals surface area contributed by atoms with Gasteiger partial charge in [0.05, 0.1) is 17.0 Å². The van der Waals surface area contributed by atoms with E-state index >= 15 is 0 Å². The minimum Gasteiger partial charge on any atom is -0.444 e. The fourth-order valence-electron chi connectivity index (χ4n) is 5.33. The van der Waals surface area contributed by atoms with E-state index in [0.29, 0.717) is 34.3 Å². The van der Waals surface area contributed by atoms with Gasteiger partial charge in [-0.25, -0.2) is 17.8 Å². The number of oxime groups is 1. The van der Waals surface area contributed by atoms with Crippen LogP contribution in [-0.4, -0.2) is 48.7 Å². The number of amidine groups is 1. The molecule has 2 aromatic carbocycles. The predicted octanol–water partition coefficient (Wildman–Crippen LogP) is 4.54. The first kappa shape index (κ1) is 28.1. The lowest BCUT2D eigenvalue weighted by Gasteiger charge is -2.33.